The number of hydrogen-bond donors (Lipinski definition) is 0. The fourth-order valence-corrected chi connectivity index (χ4v) is 3.49. The minimum atomic E-state index is 0.562. The Bertz CT molecular complexity index is 836. The third-order valence-electron chi connectivity index (χ3n) is 4.45. The van der Waals surface area contributed by atoms with Gasteiger partial charge in [0.1, 0.15) is 5.69 Å². The highest BCUT2D eigenvalue weighted by Crippen LogP contribution is 2.37. The Morgan fingerprint density at radius 2 is 1.55 bits per heavy atom. The normalized spacial score (nSPS) is 14.4. The molecule has 98 valence electrons. The topological polar surface area (TPSA) is 29.4 Å². The van der Waals surface area contributed by atoms with E-state index in [2.05, 4.69) is 23.4 Å². The van der Waals surface area contributed by atoms with Crippen LogP contribution in [0.1, 0.15) is 24.0 Å². The first kappa shape index (κ1) is 11.6. The first-order chi connectivity index (χ1) is 9.88. The van der Waals surface area contributed by atoms with Crippen LogP contribution >= 0.6 is 0 Å². The number of nitrogens with zero attached hydrogens (tertiary/aromatic N) is 1. The molecule has 1 aliphatic carbocycles. The van der Waals surface area contributed by atoms with Gasteiger partial charge in [-0.3, -0.25) is 0 Å². The Balaban J connectivity index is 2.20. The molecule has 20 heavy (non-hydrogen) atoms. The number of benzene rings is 3. The lowest BCUT2D eigenvalue weighted by Crippen LogP contribution is -2.03. The molecule has 4 rings (SSSR count). The van der Waals surface area contributed by atoms with E-state index in [1.165, 1.54) is 34.7 Å². The zero-order valence-electron chi connectivity index (χ0n) is 11.2. The predicted octanol–water partition coefficient (Wildman–Crippen LogP) is 5.27. The molecule has 0 N–H and O–H groups in total. The summed E-state index contributed by atoms with van der Waals surface area (Å²) in [5.74, 6) is 0. The molecule has 0 saturated heterocycles. The second-order valence-corrected chi connectivity index (χ2v) is 5.54. The molecule has 0 fully saturated rings. The van der Waals surface area contributed by atoms with Crippen molar-refractivity contribution >= 4 is 27.2 Å². The van der Waals surface area contributed by atoms with Gasteiger partial charge in [0.2, 0.25) is 0 Å². The van der Waals surface area contributed by atoms with Gasteiger partial charge in [0, 0.05) is 5.39 Å². The minimum absolute atomic E-state index is 0.562. The van der Waals surface area contributed by atoms with Gasteiger partial charge in [-0.15, -0.1) is 4.91 Å². The van der Waals surface area contributed by atoms with Crippen LogP contribution in [0, 0.1) is 4.91 Å². The van der Waals surface area contributed by atoms with Gasteiger partial charge in [0.05, 0.1) is 0 Å². The third-order valence-corrected chi connectivity index (χ3v) is 4.45. The molecular formula is C18H15NO. The predicted molar refractivity (Wildman–Crippen MR) is 83.6 cm³/mol. The van der Waals surface area contributed by atoms with E-state index in [9.17, 15) is 4.91 Å². The van der Waals surface area contributed by atoms with E-state index in [1.807, 2.05) is 24.3 Å². The van der Waals surface area contributed by atoms with Crippen LogP contribution in [0.25, 0.3) is 21.5 Å². The van der Waals surface area contributed by atoms with Crippen molar-refractivity contribution in [2.24, 2.45) is 5.18 Å². The van der Waals surface area contributed by atoms with E-state index in [4.69, 9.17) is 0 Å². The molecule has 0 heterocycles. The molecule has 2 nitrogen and oxygen atoms in total. The average molecular weight is 261 g/mol. The van der Waals surface area contributed by atoms with Gasteiger partial charge in [-0.05, 0) is 64.2 Å². The first-order valence-electron chi connectivity index (χ1n) is 7.18. The van der Waals surface area contributed by atoms with Crippen LogP contribution in [0.4, 0.5) is 5.69 Å². The summed E-state index contributed by atoms with van der Waals surface area (Å²) in [4.78, 5) is 11.2. The summed E-state index contributed by atoms with van der Waals surface area (Å²) in [7, 11) is 0. The third kappa shape index (κ3) is 1.58. The summed E-state index contributed by atoms with van der Waals surface area (Å²) < 4.78 is 0. The van der Waals surface area contributed by atoms with Crippen LogP contribution in [0.5, 0.6) is 0 Å². The second kappa shape index (κ2) is 4.41. The van der Waals surface area contributed by atoms with E-state index in [0.717, 1.165) is 23.6 Å². The average Bonchev–Trinajstić information content (AvgIpc) is 2.53. The molecule has 2 heteroatoms. The highest BCUT2D eigenvalue weighted by molar-refractivity contribution is 6.13. The van der Waals surface area contributed by atoms with Crippen molar-refractivity contribution in [1.29, 1.82) is 0 Å². The summed E-state index contributed by atoms with van der Waals surface area (Å²) in [6.07, 6.45) is 4.78. The van der Waals surface area contributed by atoms with Crippen LogP contribution in [-0.4, -0.2) is 0 Å². The molecule has 3 aromatic rings. The lowest BCUT2D eigenvalue weighted by Gasteiger charge is -2.19. The molecule has 0 saturated carbocycles. The molecule has 1 aliphatic rings. The smallest absolute Gasteiger partial charge is 0.116 e. The van der Waals surface area contributed by atoms with E-state index < -0.39 is 0 Å². The van der Waals surface area contributed by atoms with Crippen molar-refractivity contribution in [3.63, 3.8) is 0 Å². The Labute approximate surface area is 117 Å². The summed E-state index contributed by atoms with van der Waals surface area (Å²) in [6.45, 7) is 0. The molecule has 0 amide bonds. The zero-order chi connectivity index (χ0) is 13.5. The van der Waals surface area contributed by atoms with Gasteiger partial charge in [-0.2, -0.15) is 0 Å². The van der Waals surface area contributed by atoms with E-state index >= 15 is 0 Å². The summed E-state index contributed by atoms with van der Waals surface area (Å²) in [6, 6.07) is 14.5. The van der Waals surface area contributed by atoms with Crippen molar-refractivity contribution in [1.82, 2.24) is 0 Å². The minimum Gasteiger partial charge on any atom is -0.145 e. The molecule has 0 aromatic heterocycles. The summed E-state index contributed by atoms with van der Waals surface area (Å²) in [5.41, 5.74) is 3.42. The second-order valence-electron chi connectivity index (χ2n) is 5.54. The van der Waals surface area contributed by atoms with E-state index in [0.29, 0.717) is 5.69 Å². The number of hydrogen-bond acceptors (Lipinski definition) is 2. The monoisotopic (exact) mass is 261 g/mol. The molecule has 0 aliphatic heterocycles. The van der Waals surface area contributed by atoms with Crippen LogP contribution in [-0.2, 0) is 12.8 Å². The SMILES string of the molecule is O=Nc1cc2c3c(ccc2c2ccccc12)CCCC3. The van der Waals surface area contributed by atoms with Crippen molar-refractivity contribution in [2.75, 3.05) is 0 Å². The maximum Gasteiger partial charge on any atom is 0.116 e. The quantitative estimate of drug-likeness (QED) is 0.433. The number of rotatable bonds is 1. The molecule has 0 spiro atoms. The van der Waals surface area contributed by atoms with Gasteiger partial charge < -0.3 is 0 Å². The maximum atomic E-state index is 11.2. The van der Waals surface area contributed by atoms with E-state index in [-0.39, 0.29) is 0 Å². The number of fused-ring (bicyclic) bond motifs is 5. The Morgan fingerprint density at radius 1 is 0.800 bits per heavy atom. The van der Waals surface area contributed by atoms with Crippen LogP contribution < -0.4 is 0 Å². The van der Waals surface area contributed by atoms with Crippen molar-refractivity contribution in [3.05, 3.63) is 58.5 Å². The lowest BCUT2D eigenvalue weighted by molar-refractivity contribution is 0.690. The van der Waals surface area contributed by atoms with Gasteiger partial charge in [-0.1, -0.05) is 36.4 Å². The van der Waals surface area contributed by atoms with Crippen LogP contribution in [0.15, 0.2) is 47.6 Å². The summed E-state index contributed by atoms with van der Waals surface area (Å²) in [5, 5.41) is 7.79. The molecule has 0 radical (unpaired) electrons. The highest BCUT2D eigenvalue weighted by atomic mass is 16.3. The molecule has 3 aromatic carbocycles. The Kier molecular flexibility index (Phi) is 2.56. The largest absolute Gasteiger partial charge is 0.145 e. The Morgan fingerprint density at radius 3 is 2.40 bits per heavy atom. The van der Waals surface area contributed by atoms with Crippen molar-refractivity contribution in [2.45, 2.75) is 25.7 Å². The van der Waals surface area contributed by atoms with Gasteiger partial charge in [0.15, 0.2) is 0 Å². The van der Waals surface area contributed by atoms with Crippen molar-refractivity contribution in [3.8, 4) is 0 Å². The highest BCUT2D eigenvalue weighted by Gasteiger charge is 2.15. The number of nitroso groups, excluding NO2 is 1. The van der Waals surface area contributed by atoms with Gasteiger partial charge >= 0.3 is 0 Å². The van der Waals surface area contributed by atoms with Crippen LogP contribution in [0.2, 0.25) is 0 Å². The number of aryl methyl sites for hydroxylation is 2. The first-order valence-corrected chi connectivity index (χ1v) is 7.18. The maximum absolute atomic E-state index is 11.2. The molecular weight excluding hydrogens is 246 g/mol. The van der Waals surface area contributed by atoms with E-state index in [1.54, 1.807) is 0 Å². The fraction of sp³-hybridized carbons (Fsp3) is 0.222. The lowest BCUT2D eigenvalue weighted by atomic mass is 9.86. The van der Waals surface area contributed by atoms with Gasteiger partial charge in [-0.25, -0.2) is 0 Å². The van der Waals surface area contributed by atoms with Crippen LogP contribution in [0.3, 0.4) is 0 Å². The molecule has 0 unspecified atom stereocenters. The molecule has 0 atom stereocenters. The molecule has 0 bridgehead atoms. The standard InChI is InChI=1S/C18H15NO/c20-19-18-11-17-13-6-2-1-5-12(13)9-10-15(17)14-7-3-4-8-16(14)18/h3-4,7-11H,1-2,5-6H2. The summed E-state index contributed by atoms with van der Waals surface area (Å²) >= 11 is 0. The fourth-order valence-electron chi connectivity index (χ4n) is 3.49. The Hall–Kier alpha value is -2.22. The van der Waals surface area contributed by atoms with Crippen molar-refractivity contribution < 1.29 is 0 Å². The zero-order valence-corrected chi connectivity index (χ0v) is 11.2. The van der Waals surface area contributed by atoms with Gasteiger partial charge in [0.25, 0.3) is 0 Å².